The summed E-state index contributed by atoms with van der Waals surface area (Å²) >= 11 is 0. The van der Waals surface area contributed by atoms with Crippen molar-refractivity contribution in [2.24, 2.45) is 0 Å². The van der Waals surface area contributed by atoms with Crippen molar-refractivity contribution >= 4 is 5.95 Å². The molecule has 0 amide bonds. The molecule has 1 aromatic carbocycles. The second kappa shape index (κ2) is 5.00. The summed E-state index contributed by atoms with van der Waals surface area (Å²) in [6.07, 6.45) is 4.06. The molecule has 3 nitrogen and oxygen atoms in total. The highest BCUT2D eigenvalue weighted by molar-refractivity contribution is 5.61. The lowest BCUT2D eigenvalue weighted by molar-refractivity contribution is 0.420. The summed E-state index contributed by atoms with van der Waals surface area (Å²) in [7, 11) is 1.85. The SMILES string of the molecule is CNc1nc(C)cc(-c2ccc(C3CCC3)cc2)n1. The van der Waals surface area contributed by atoms with Gasteiger partial charge in [0.25, 0.3) is 0 Å². The fourth-order valence-electron chi connectivity index (χ4n) is 2.50. The fraction of sp³-hybridized carbons (Fsp3) is 0.375. The Kier molecular flexibility index (Phi) is 3.20. The van der Waals surface area contributed by atoms with Crippen LogP contribution in [0.25, 0.3) is 11.3 Å². The molecule has 1 saturated carbocycles. The van der Waals surface area contributed by atoms with Crippen LogP contribution in [0.4, 0.5) is 5.95 Å². The van der Waals surface area contributed by atoms with Crippen LogP contribution in [-0.2, 0) is 0 Å². The van der Waals surface area contributed by atoms with Crippen LogP contribution in [0.3, 0.4) is 0 Å². The Balaban J connectivity index is 1.90. The van der Waals surface area contributed by atoms with Gasteiger partial charge >= 0.3 is 0 Å². The van der Waals surface area contributed by atoms with E-state index in [0.717, 1.165) is 22.9 Å². The Morgan fingerprint density at radius 1 is 1.11 bits per heavy atom. The van der Waals surface area contributed by atoms with E-state index in [9.17, 15) is 0 Å². The fourth-order valence-corrected chi connectivity index (χ4v) is 2.50. The summed E-state index contributed by atoms with van der Waals surface area (Å²) in [4.78, 5) is 8.83. The highest BCUT2D eigenvalue weighted by atomic mass is 15.1. The zero-order valence-corrected chi connectivity index (χ0v) is 11.5. The van der Waals surface area contributed by atoms with Gasteiger partial charge in [0.05, 0.1) is 5.69 Å². The van der Waals surface area contributed by atoms with Gasteiger partial charge in [-0.25, -0.2) is 9.97 Å². The average molecular weight is 253 g/mol. The molecule has 1 aromatic heterocycles. The van der Waals surface area contributed by atoms with E-state index in [-0.39, 0.29) is 0 Å². The second-order valence-corrected chi connectivity index (χ2v) is 5.22. The smallest absolute Gasteiger partial charge is 0.223 e. The first-order chi connectivity index (χ1) is 9.26. The zero-order chi connectivity index (χ0) is 13.2. The minimum atomic E-state index is 0.679. The van der Waals surface area contributed by atoms with Gasteiger partial charge in [0.1, 0.15) is 0 Å². The lowest BCUT2D eigenvalue weighted by Crippen LogP contribution is -2.08. The first kappa shape index (κ1) is 12.2. The highest BCUT2D eigenvalue weighted by Crippen LogP contribution is 2.36. The van der Waals surface area contributed by atoms with Crippen LogP contribution in [0, 0.1) is 6.92 Å². The van der Waals surface area contributed by atoms with Gasteiger partial charge in [0.2, 0.25) is 5.95 Å². The van der Waals surface area contributed by atoms with Gasteiger partial charge in [0, 0.05) is 18.3 Å². The number of hydrogen-bond donors (Lipinski definition) is 1. The first-order valence-electron chi connectivity index (χ1n) is 6.90. The van der Waals surface area contributed by atoms with E-state index in [4.69, 9.17) is 0 Å². The Bertz CT molecular complexity index is 571. The predicted molar refractivity (Wildman–Crippen MR) is 78.3 cm³/mol. The van der Waals surface area contributed by atoms with Crippen molar-refractivity contribution in [3.8, 4) is 11.3 Å². The molecule has 2 aromatic rings. The summed E-state index contributed by atoms with van der Waals surface area (Å²) in [5.41, 5.74) is 4.59. The maximum absolute atomic E-state index is 4.51. The Hall–Kier alpha value is -1.90. The maximum Gasteiger partial charge on any atom is 0.223 e. The van der Waals surface area contributed by atoms with Gasteiger partial charge in [-0.15, -0.1) is 0 Å². The number of aryl methyl sites for hydroxylation is 1. The number of hydrogen-bond acceptors (Lipinski definition) is 3. The molecule has 1 fully saturated rings. The van der Waals surface area contributed by atoms with Crippen LogP contribution in [0.15, 0.2) is 30.3 Å². The van der Waals surface area contributed by atoms with Crippen LogP contribution in [0.5, 0.6) is 0 Å². The van der Waals surface area contributed by atoms with Gasteiger partial charge in [0.15, 0.2) is 0 Å². The monoisotopic (exact) mass is 253 g/mol. The molecule has 98 valence electrons. The van der Waals surface area contributed by atoms with E-state index < -0.39 is 0 Å². The molecule has 3 rings (SSSR count). The zero-order valence-electron chi connectivity index (χ0n) is 11.5. The number of rotatable bonds is 3. The van der Waals surface area contributed by atoms with Crippen LogP contribution >= 0.6 is 0 Å². The minimum Gasteiger partial charge on any atom is -0.357 e. The van der Waals surface area contributed by atoms with Crippen molar-refractivity contribution in [3.05, 3.63) is 41.6 Å². The van der Waals surface area contributed by atoms with Crippen molar-refractivity contribution in [2.45, 2.75) is 32.1 Å². The summed E-state index contributed by atoms with van der Waals surface area (Å²) in [5, 5.41) is 3.00. The molecular weight excluding hydrogens is 234 g/mol. The second-order valence-electron chi connectivity index (χ2n) is 5.22. The molecule has 1 aliphatic rings. The molecule has 1 N–H and O–H groups in total. The normalized spacial score (nSPS) is 15.1. The third kappa shape index (κ3) is 2.46. The topological polar surface area (TPSA) is 37.8 Å². The van der Waals surface area contributed by atoms with Crippen molar-refractivity contribution < 1.29 is 0 Å². The maximum atomic E-state index is 4.51. The van der Waals surface area contributed by atoms with Crippen LogP contribution < -0.4 is 5.32 Å². The molecular formula is C16H19N3. The van der Waals surface area contributed by atoms with E-state index in [0.29, 0.717) is 5.95 Å². The number of nitrogens with zero attached hydrogens (tertiary/aromatic N) is 2. The molecule has 1 aliphatic carbocycles. The largest absolute Gasteiger partial charge is 0.357 e. The van der Waals surface area contributed by atoms with E-state index in [1.807, 2.05) is 20.0 Å². The molecule has 0 aliphatic heterocycles. The minimum absolute atomic E-state index is 0.679. The van der Waals surface area contributed by atoms with E-state index >= 15 is 0 Å². The van der Waals surface area contributed by atoms with Crippen LogP contribution in [0.1, 0.15) is 36.4 Å². The molecule has 3 heteroatoms. The quantitative estimate of drug-likeness (QED) is 0.905. The predicted octanol–water partition coefficient (Wildman–Crippen LogP) is 3.76. The first-order valence-corrected chi connectivity index (χ1v) is 6.90. The Labute approximate surface area is 114 Å². The van der Waals surface area contributed by atoms with Gasteiger partial charge in [-0.2, -0.15) is 0 Å². The molecule has 0 saturated heterocycles. The molecule has 1 heterocycles. The molecule has 0 atom stereocenters. The Morgan fingerprint density at radius 3 is 2.42 bits per heavy atom. The van der Waals surface area contributed by atoms with Crippen LogP contribution in [-0.4, -0.2) is 17.0 Å². The van der Waals surface area contributed by atoms with Crippen molar-refractivity contribution in [1.82, 2.24) is 9.97 Å². The summed E-state index contributed by atoms with van der Waals surface area (Å²) in [6, 6.07) is 10.9. The summed E-state index contributed by atoms with van der Waals surface area (Å²) in [5.74, 6) is 1.46. The van der Waals surface area contributed by atoms with Crippen LogP contribution in [0.2, 0.25) is 0 Å². The third-order valence-corrected chi connectivity index (χ3v) is 3.86. The third-order valence-electron chi connectivity index (χ3n) is 3.86. The molecule has 0 unspecified atom stereocenters. The number of nitrogens with one attached hydrogen (secondary N) is 1. The lowest BCUT2D eigenvalue weighted by atomic mass is 9.80. The molecule has 0 spiro atoms. The standard InChI is InChI=1S/C16H19N3/c1-11-10-15(19-16(17-2)18-11)14-8-6-13(7-9-14)12-4-3-5-12/h6-10,12H,3-5H2,1-2H3,(H,17,18,19). The van der Waals surface area contributed by atoms with Gasteiger partial charge in [-0.1, -0.05) is 30.7 Å². The van der Waals surface area contributed by atoms with Gasteiger partial charge in [-0.3, -0.25) is 0 Å². The van der Waals surface area contributed by atoms with Gasteiger partial charge in [-0.05, 0) is 37.3 Å². The number of aromatic nitrogens is 2. The van der Waals surface area contributed by atoms with E-state index in [1.54, 1.807) is 0 Å². The lowest BCUT2D eigenvalue weighted by Gasteiger charge is -2.25. The van der Waals surface area contributed by atoms with E-state index in [2.05, 4.69) is 39.6 Å². The average Bonchev–Trinajstić information content (AvgIpc) is 2.37. The van der Waals surface area contributed by atoms with Gasteiger partial charge < -0.3 is 5.32 Å². The summed E-state index contributed by atoms with van der Waals surface area (Å²) in [6.45, 7) is 1.99. The number of anilines is 1. The van der Waals surface area contributed by atoms with Crippen molar-refractivity contribution in [1.29, 1.82) is 0 Å². The Morgan fingerprint density at radius 2 is 1.84 bits per heavy atom. The highest BCUT2D eigenvalue weighted by Gasteiger charge is 2.19. The molecule has 0 bridgehead atoms. The van der Waals surface area contributed by atoms with E-state index in [1.165, 1.54) is 24.8 Å². The number of benzene rings is 1. The van der Waals surface area contributed by atoms with Crippen molar-refractivity contribution in [2.75, 3.05) is 12.4 Å². The van der Waals surface area contributed by atoms with Crippen molar-refractivity contribution in [3.63, 3.8) is 0 Å². The molecule has 0 radical (unpaired) electrons. The summed E-state index contributed by atoms with van der Waals surface area (Å²) < 4.78 is 0. The molecule has 19 heavy (non-hydrogen) atoms.